The number of aromatic hydroxyl groups is 2. The zero-order valence-corrected chi connectivity index (χ0v) is 11.5. The molecule has 0 aliphatic rings. The van der Waals surface area contributed by atoms with E-state index in [9.17, 15) is 15.0 Å². The molecule has 1 atom stereocenters. The molecule has 1 aromatic heterocycles. The van der Waals surface area contributed by atoms with E-state index < -0.39 is 0 Å². The van der Waals surface area contributed by atoms with Crippen LogP contribution in [-0.2, 0) is 6.54 Å². The lowest BCUT2D eigenvalue weighted by Gasteiger charge is -2.17. The first-order chi connectivity index (χ1) is 9.49. The average Bonchev–Trinajstić information content (AvgIpc) is 2.39. The number of hydrogen-bond donors (Lipinski definition) is 3. The maximum Gasteiger partial charge on any atom is 0.250 e. The summed E-state index contributed by atoms with van der Waals surface area (Å²) in [5.41, 5.74) is 1.53. The van der Waals surface area contributed by atoms with Crippen molar-refractivity contribution in [2.45, 2.75) is 26.4 Å². The highest BCUT2D eigenvalue weighted by Crippen LogP contribution is 2.26. The average molecular weight is 274 g/mol. The van der Waals surface area contributed by atoms with Gasteiger partial charge in [-0.25, -0.2) is 0 Å². The first-order valence-electron chi connectivity index (χ1n) is 6.49. The van der Waals surface area contributed by atoms with E-state index in [4.69, 9.17) is 0 Å². The molecule has 2 rings (SSSR count). The Morgan fingerprint density at radius 3 is 2.45 bits per heavy atom. The molecule has 0 aliphatic carbocycles. The van der Waals surface area contributed by atoms with Gasteiger partial charge in [0, 0.05) is 30.9 Å². The predicted molar refractivity (Wildman–Crippen MR) is 78.2 cm³/mol. The van der Waals surface area contributed by atoms with Gasteiger partial charge in [0.05, 0.1) is 5.69 Å². The Bertz CT molecular complexity index is 644. The Labute approximate surface area is 117 Å². The van der Waals surface area contributed by atoms with Gasteiger partial charge >= 0.3 is 0 Å². The molecule has 1 aromatic carbocycles. The number of phenolic OH excluding ortho intramolecular Hbond substituents is 2. The van der Waals surface area contributed by atoms with Gasteiger partial charge in [0.15, 0.2) is 0 Å². The fourth-order valence-electron chi connectivity index (χ4n) is 2.07. The summed E-state index contributed by atoms with van der Waals surface area (Å²) < 4.78 is 1.61. The quantitative estimate of drug-likeness (QED) is 0.800. The molecule has 0 saturated heterocycles. The summed E-state index contributed by atoms with van der Waals surface area (Å²) in [6, 6.07) is 7.58. The molecule has 1 heterocycles. The highest BCUT2D eigenvalue weighted by Gasteiger charge is 2.08. The highest BCUT2D eigenvalue weighted by atomic mass is 16.3. The molecular formula is C15H18N2O3. The lowest BCUT2D eigenvalue weighted by atomic mass is 10.1. The van der Waals surface area contributed by atoms with Crippen molar-refractivity contribution in [3.8, 4) is 11.5 Å². The minimum Gasteiger partial charge on any atom is -0.508 e. The van der Waals surface area contributed by atoms with E-state index in [-0.39, 0.29) is 23.1 Å². The number of nitrogens with zero attached hydrogens (tertiary/aromatic N) is 1. The van der Waals surface area contributed by atoms with Crippen LogP contribution >= 0.6 is 0 Å². The molecule has 1 unspecified atom stereocenters. The molecule has 3 N–H and O–H groups in total. The monoisotopic (exact) mass is 274 g/mol. The molecule has 0 amide bonds. The van der Waals surface area contributed by atoms with Crippen LogP contribution in [0.25, 0.3) is 0 Å². The first kappa shape index (κ1) is 14.0. The third kappa shape index (κ3) is 3.12. The number of hydrogen-bond acceptors (Lipinski definition) is 4. The molecule has 106 valence electrons. The van der Waals surface area contributed by atoms with Gasteiger partial charge in [0.1, 0.15) is 11.5 Å². The maximum atomic E-state index is 11.5. The third-order valence-electron chi connectivity index (χ3n) is 3.13. The van der Waals surface area contributed by atoms with Gasteiger partial charge < -0.3 is 20.1 Å². The van der Waals surface area contributed by atoms with Gasteiger partial charge in [-0.15, -0.1) is 0 Å². The molecular weight excluding hydrogens is 256 g/mol. The first-order valence-corrected chi connectivity index (χ1v) is 6.49. The van der Waals surface area contributed by atoms with Crippen molar-refractivity contribution in [3.05, 3.63) is 52.4 Å². The summed E-state index contributed by atoms with van der Waals surface area (Å²) in [5.74, 6) is 0.0411. The topological polar surface area (TPSA) is 74.5 Å². The van der Waals surface area contributed by atoms with Gasteiger partial charge in [-0.3, -0.25) is 4.79 Å². The lowest BCUT2D eigenvalue weighted by Crippen LogP contribution is -2.18. The fraction of sp³-hybridized carbons (Fsp3) is 0.267. The van der Waals surface area contributed by atoms with Crippen LogP contribution in [0.1, 0.15) is 25.5 Å². The van der Waals surface area contributed by atoms with Crippen molar-refractivity contribution in [1.82, 2.24) is 4.57 Å². The predicted octanol–water partition coefficient (Wildman–Crippen LogP) is 2.45. The number of rotatable bonds is 4. The van der Waals surface area contributed by atoms with E-state index in [0.717, 1.165) is 11.3 Å². The standard InChI is InChI=1S/C15H18N2O3/c1-3-17-9-12(4-5-15(17)20)16-10(2)11-6-13(18)8-14(19)7-11/h4-10,16,18-19H,3H2,1-2H3. The number of anilines is 1. The van der Waals surface area contributed by atoms with Gasteiger partial charge in [-0.1, -0.05) is 0 Å². The largest absolute Gasteiger partial charge is 0.508 e. The van der Waals surface area contributed by atoms with Gasteiger partial charge in [0.25, 0.3) is 5.56 Å². The van der Waals surface area contributed by atoms with Crippen molar-refractivity contribution in [2.24, 2.45) is 0 Å². The lowest BCUT2D eigenvalue weighted by molar-refractivity contribution is 0.448. The normalized spacial score (nSPS) is 12.1. The van der Waals surface area contributed by atoms with E-state index in [1.54, 1.807) is 29.0 Å². The molecule has 0 bridgehead atoms. The van der Waals surface area contributed by atoms with Crippen molar-refractivity contribution >= 4 is 5.69 Å². The summed E-state index contributed by atoms with van der Waals surface area (Å²) >= 11 is 0. The number of nitrogens with one attached hydrogen (secondary N) is 1. The fourth-order valence-corrected chi connectivity index (χ4v) is 2.07. The van der Waals surface area contributed by atoms with Gasteiger partial charge in [0.2, 0.25) is 0 Å². The van der Waals surface area contributed by atoms with E-state index in [2.05, 4.69) is 5.32 Å². The molecule has 0 spiro atoms. The summed E-state index contributed by atoms with van der Waals surface area (Å²) in [6.07, 6.45) is 1.75. The molecule has 20 heavy (non-hydrogen) atoms. The van der Waals surface area contributed by atoms with Crippen LogP contribution in [0, 0.1) is 0 Å². The van der Waals surface area contributed by atoms with Gasteiger partial charge in [-0.05, 0) is 37.6 Å². The molecule has 0 aliphatic heterocycles. The van der Waals surface area contributed by atoms with E-state index in [1.165, 1.54) is 12.1 Å². The second-order valence-corrected chi connectivity index (χ2v) is 4.69. The van der Waals surface area contributed by atoms with Gasteiger partial charge in [-0.2, -0.15) is 0 Å². The highest BCUT2D eigenvalue weighted by molar-refractivity contribution is 5.45. The van der Waals surface area contributed by atoms with Crippen molar-refractivity contribution in [1.29, 1.82) is 0 Å². The Hall–Kier alpha value is -2.43. The summed E-state index contributed by atoms with van der Waals surface area (Å²) in [6.45, 7) is 4.42. The van der Waals surface area contributed by atoms with E-state index >= 15 is 0 Å². The smallest absolute Gasteiger partial charge is 0.250 e. The SMILES string of the molecule is CCn1cc(NC(C)c2cc(O)cc(O)c2)ccc1=O. The minimum absolute atomic E-state index is 0.0205. The van der Waals surface area contributed by atoms with Crippen LogP contribution < -0.4 is 10.9 Å². The number of aryl methyl sites for hydroxylation is 1. The van der Waals surface area contributed by atoms with Crippen molar-refractivity contribution in [3.63, 3.8) is 0 Å². The summed E-state index contributed by atoms with van der Waals surface area (Å²) in [5, 5.41) is 22.2. The molecule has 2 aromatic rings. The number of pyridine rings is 1. The second kappa shape index (κ2) is 5.69. The van der Waals surface area contributed by atoms with Crippen molar-refractivity contribution in [2.75, 3.05) is 5.32 Å². The maximum absolute atomic E-state index is 11.5. The van der Waals surface area contributed by atoms with E-state index in [1.807, 2.05) is 13.8 Å². The van der Waals surface area contributed by atoms with Crippen LogP contribution in [0.3, 0.4) is 0 Å². The van der Waals surface area contributed by atoms with Crippen LogP contribution in [0.15, 0.2) is 41.3 Å². The Morgan fingerprint density at radius 2 is 1.85 bits per heavy atom. The Balaban J connectivity index is 2.22. The number of aromatic nitrogens is 1. The molecule has 0 radical (unpaired) electrons. The number of benzene rings is 1. The molecule has 0 fully saturated rings. The zero-order valence-electron chi connectivity index (χ0n) is 11.5. The third-order valence-corrected chi connectivity index (χ3v) is 3.13. The molecule has 5 heteroatoms. The Kier molecular flexibility index (Phi) is 3.98. The zero-order chi connectivity index (χ0) is 14.7. The Morgan fingerprint density at radius 1 is 1.20 bits per heavy atom. The number of phenols is 2. The van der Waals surface area contributed by atoms with Crippen LogP contribution in [0.5, 0.6) is 11.5 Å². The van der Waals surface area contributed by atoms with Crippen LogP contribution in [0.2, 0.25) is 0 Å². The molecule has 0 saturated carbocycles. The van der Waals surface area contributed by atoms with Crippen LogP contribution in [-0.4, -0.2) is 14.8 Å². The van der Waals surface area contributed by atoms with Crippen LogP contribution in [0.4, 0.5) is 5.69 Å². The second-order valence-electron chi connectivity index (χ2n) is 4.69. The molecule has 5 nitrogen and oxygen atoms in total. The van der Waals surface area contributed by atoms with E-state index in [0.29, 0.717) is 6.54 Å². The van der Waals surface area contributed by atoms with Crippen molar-refractivity contribution < 1.29 is 10.2 Å². The summed E-state index contributed by atoms with van der Waals surface area (Å²) in [7, 11) is 0. The summed E-state index contributed by atoms with van der Waals surface area (Å²) in [4.78, 5) is 11.5. The minimum atomic E-state index is -0.115.